The van der Waals surface area contributed by atoms with Crippen LogP contribution in [0.15, 0.2) is 36.7 Å². The van der Waals surface area contributed by atoms with Crippen LogP contribution in [0.5, 0.6) is 0 Å². The van der Waals surface area contributed by atoms with Crippen LogP contribution in [0, 0.1) is 18.6 Å². The molecule has 10 heteroatoms. The number of hydrogen-bond acceptors (Lipinski definition) is 7. The number of benzene rings is 1. The van der Waals surface area contributed by atoms with Crippen LogP contribution < -0.4 is 10.2 Å². The molecule has 3 aromatic heterocycles. The van der Waals surface area contributed by atoms with Crippen LogP contribution in [0.1, 0.15) is 39.1 Å². The van der Waals surface area contributed by atoms with E-state index >= 15 is 0 Å². The molecule has 0 amide bonds. The van der Waals surface area contributed by atoms with E-state index in [1.165, 1.54) is 12.5 Å². The quantitative estimate of drug-likeness (QED) is 0.392. The van der Waals surface area contributed by atoms with Gasteiger partial charge in [-0.1, -0.05) is 6.92 Å². The average molecular weight is 505 g/mol. The maximum absolute atomic E-state index is 15.0. The van der Waals surface area contributed by atoms with Gasteiger partial charge in [0.1, 0.15) is 22.9 Å². The van der Waals surface area contributed by atoms with Gasteiger partial charge >= 0.3 is 0 Å². The van der Waals surface area contributed by atoms with E-state index in [0.29, 0.717) is 34.8 Å². The Balaban J connectivity index is 1.25. The lowest BCUT2D eigenvalue weighted by atomic mass is 10.1. The van der Waals surface area contributed by atoms with Gasteiger partial charge < -0.3 is 14.8 Å². The highest BCUT2D eigenvalue weighted by atomic mass is 19.1. The molecule has 0 spiro atoms. The number of rotatable bonds is 6. The third kappa shape index (κ3) is 4.09. The minimum Gasteiger partial charge on any atom is -0.364 e. The number of anilines is 3. The summed E-state index contributed by atoms with van der Waals surface area (Å²) in [6.45, 7) is 11.3. The molecule has 8 nitrogen and oxygen atoms in total. The number of likely N-dealkylation sites (tertiary alicyclic amines) is 1. The predicted molar refractivity (Wildman–Crippen MR) is 140 cm³/mol. The number of nitrogens with zero attached hydrogens (tertiary/aromatic N) is 7. The Morgan fingerprint density at radius 2 is 1.86 bits per heavy atom. The van der Waals surface area contributed by atoms with Gasteiger partial charge in [-0.25, -0.2) is 28.7 Å². The van der Waals surface area contributed by atoms with E-state index in [4.69, 9.17) is 0 Å². The number of hydrogen-bond donors (Lipinski definition) is 1. The van der Waals surface area contributed by atoms with Crippen molar-refractivity contribution in [3.63, 3.8) is 0 Å². The van der Waals surface area contributed by atoms with Crippen LogP contribution in [0.3, 0.4) is 0 Å². The molecule has 1 aromatic carbocycles. The fourth-order valence-corrected chi connectivity index (χ4v) is 5.88. The molecule has 2 saturated heterocycles. The second kappa shape index (κ2) is 9.02. The summed E-state index contributed by atoms with van der Waals surface area (Å²) in [5.41, 5.74) is 2.29. The maximum atomic E-state index is 15.0. The van der Waals surface area contributed by atoms with Crippen LogP contribution in [-0.2, 0) is 0 Å². The molecule has 5 heterocycles. The monoisotopic (exact) mass is 504 g/mol. The van der Waals surface area contributed by atoms with Crippen molar-refractivity contribution in [2.24, 2.45) is 0 Å². The molecular weight excluding hydrogens is 474 g/mol. The standard InChI is InChI=1S/C27H30F2N8/c1-5-35-13-20-10-19(35)14-36(20)18-6-7-24(30-11-18)33-27-31-12-22(29)25(34-27)17-8-21(28)26-23(9-17)37(15(2)3)16(4)32-26/h6-9,11-12,15,19-20H,5,10,13-14H2,1-4H3,(H,30,31,33,34). The van der Waals surface area contributed by atoms with E-state index in [0.717, 1.165) is 31.5 Å². The van der Waals surface area contributed by atoms with Crippen molar-refractivity contribution in [2.45, 2.75) is 52.2 Å². The van der Waals surface area contributed by atoms with Crippen LogP contribution in [-0.4, -0.2) is 61.1 Å². The van der Waals surface area contributed by atoms with Gasteiger partial charge in [-0.3, -0.25) is 4.90 Å². The number of aromatic nitrogens is 5. The molecule has 6 rings (SSSR count). The summed E-state index contributed by atoms with van der Waals surface area (Å²) < 4.78 is 31.7. The van der Waals surface area contributed by atoms with Crippen LogP contribution >= 0.6 is 0 Å². The molecule has 0 aliphatic carbocycles. The largest absolute Gasteiger partial charge is 0.364 e. The number of halogens is 2. The minimum atomic E-state index is -0.634. The first-order valence-electron chi connectivity index (χ1n) is 12.8. The molecule has 2 bridgehead atoms. The highest BCUT2D eigenvalue weighted by molar-refractivity contribution is 5.83. The SMILES string of the molecule is CCN1CC2CC1CN2c1ccc(Nc2ncc(F)c(-c3cc(F)c4nc(C)n(C(C)C)c4c3)n2)nc1. The van der Waals surface area contributed by atoms with Gasteiger partial charge in [0, 0.05) is 36.8 Å². The second-order valence-corrected chi connectivity index (χ2v) is 10.1. The molecular formula is C27H30F2N8. The maximum Gasteiger partial charge on any atom is 0.229 e. The lowest BCUT2D eigenvalue weighted by molar-refractivity contribution is 0.251. The zero-order chi connectivity index (χ0) is 25.8. The third-order valence-electron chi connectivity index (χ3n) is 7.54. The van der Waals surface area contributed by atoms with Gasteiger partial charge in [0.05, 0.1) is 23.6 Å². The molecule has 0 radical (unpaired) electrons. The van der Waals surface area contributed by atoms with E-state index in [1.807, 2.05) is 43.7 Å². The third-order valence-corrected chi connectivity index (χ3v) is 7.54. The number of nitrogens with one attached hydrogen (secondary N) is 1. The van der Waals surface area contributed by atoms with Crippen molar-refractivity contribution in [3.05, 3.63) is 54.1 Å². The van der Waals surface area contributed by atoms with E-state index < -0.39 is 11.6 Å². The number of piperazine rings is 1. The topological polar surface area (TPSA) is 75.0 Å². The van der Waals surface area contributed by atoms with Crippen molar-refractivity contribution in [1.82, 2.24) is 29.4 Å². The van der Waals surface area contributed by atoms with Crippen molar-refractivity contribution < 1.29 is 8.78 Å². The lowest BCUT2D eigenvalue weighted by Crippen LogP contribution is -2.46. The molecule has 2 unspecified atom stereocenters. The Kier molecular flexibility index (Phi) is 5.78. The van der Waals surface area contributed by atoms with E-state index in [-0.39, 0.29) is 23.2 Å². The first kappa shape index (κ1) is 23.7. The summed E-state index contributed by atoms with van der Waals surface area (Å²) in [7, 11) is 0. The van der Waals surface area contributed by atoms with Crippen molar-refractivity contribution in [2.75, 3.05) is 29.9 Å². The van der Waals surface area contributed by atoms with Crippen LogP contribution in [0.2, 0.25) is 0 Å². The molecule has 4 aromatic rings. The molecule has 2 aliphatic rings. The first-order chi connectivity index (χ1) is 17.8. The van der Waals surface area contributed by atoms with E-state index in [1.54, 1.807) is 6.07 Å². The summed E-state index contributed by atoms with van der Waals surface area (Å²) in [6, 6.07) is 8.13. The molecule has 1 N–H and O–H groups in total. The number of fused-ring (bicyclic) bond motifs is 3. The predicted octanol–water partition coefficient (Wildman–Crippen LogP) is 5.08. The van der Waals surface area contributed by atoms with Gasteiger partial charge in [0.2, 0.25) is 5.95 Å². The summed E-state index contributed by atoms with van der Waals surface area (Å²) in [4.78, 5) is 22.3. The molecule has 2 fully saturated rings. The van der Waals surface area contributed by atoms with Crippen LogP contribution in [0.4, 0.5) is 26.2 Å². The van der Waals surface area contributed by atoms with Gasteiger partial charge in [-0.05, 0) is 58.0 Å². The fraction of sp³-hybridized carbons (Fsp3) is 0.407. The highest BCUT2D eigenvalue weighted by Crippen LogP contribution is 2.35. The number of pyridine rings is 1. The summed E-state index contributed by atoms with van der Waals surface area (Å²) in [5, 5.41) is 3.06. The molecule has 0 saturated carbocycles. The van der Waals surface area contributed by atoms with Gasteiger partial charge in [-0.15, -0.1) is 0 Å². The number of likely N-dealkylation sites (N-methyl/N-ethyl adjacent to an activating group) is 1. The van der Waals surface area contributed by atoms with Gasteiger partial charge in [0.25, 0.3) is 0 Å². The fourth-order valence-electron chi connectivity index (χ4n) is 5.88. The molecule has 2 aliphatic heterocycles. The van der Waals surface area contributed by atoms with E-state index in [2.05, 4.69) is 42.0 Å². The zero-order valence-electron chi connectivity index (χ0n) is 21.4. The summed E-state index contributed by atoms with van der Waals surface area (Å²) in [5.74, 6) is 0.286. The lowest BCUT2D eigenvalue weighted by Gasteiger charge is -2.34. The Morgan fingerprint density at radius 3 is 2.54 bits per heavy atom. The van der Waals surface area contributed by atoms with Gasteiger partial charge in [-0.2, -0.15) is 0 Å². The normalized spacial score (nSPS) is 19.5. The highest BCUT2D eigenvalue weighted by Gasteiger charge is 2.42. The summed E-state index contributed by atoms with van der Waals surface area (Å²) in [6.07, 6.45) is 4.14. The van der Waals surface area contributed by atoms with Crippen LogP contribution in [0.25, 0.3) is 22.3 Å². The average Bonchev–Trinajstić information content (AvgIpc) is 3.57. The zero-order valence-corrected chi connectivity index (χ0v) is 21.4. The molecule has 2 atom stereocenters. The smallest absolute Gasteiger partial charge is 0.229 e. The van der Waals surface area contributed by atoms with Gasteiger partial charge in [0.15, 0.2) is 11.6 Å². The Hall–Kier alpha value is -3.66. The molecule has 37 heavy (non-hydrogen) atoms. The second-order valence-electron chi connectivity index (χ2n) is 10.1. The van der Waals surface area contributed by atoms with Crippen molar-refractivity contribution >= 4 is 28.5 Å². The minimum absolute atomic E-state index is 0.0117. The summed E-state index contributed by atoms with van der Waals surface area (Å²) >= 11 is 0. The Bertz CT molecular complexity index is 1470. The van der Waals surface area contributed by atoms with Crippen molar-refractivity contribution in [1.29, 1.82) is 0 Å². The molecule has 192 valence electrons. The van der Waals surface area contributed by atoms with E-state index in [9.17, 15) is 8.78 Å². The van der Waals surface area contributed by atoms with Crippen molar-refractivity contribution in [3.8, 4) is 11.3 Å². The number of aryl methyl sites for hydroxylation is 1. The number of imidazole rings is 1. The first-order valence-corrected chi connectivity index (χ1v) is 12.8. The Labute approximate surface area is 214 Å². The Morgan fingerprint density at radius 1 is 1.03 bits per heavy atom.